The van der Waals surface area contributed by atoms with Gasteiger partial charge in [0.25, 0.3) is 0 Å². The van der Waals surface area contributed by atoms with Crippen LogP contribution in [-0.4, -0.2) is 37.5 Å². The summed E-state index contributed by atoms with van der Waals surface area (Å²) in [5.74, 6) is 7.38. The second-order valence-electron chi connectivity index (χ2n) is 10.8. The summed E-state index contributed by atoms with van der Waals surface area (Å²) in [4.78, 5) is 21.8. The molecule has 0 fully saturated rings. The van der Waals surface area contributed by atoms with Gasteiger partial charge in [-0.25, -0.2) is 20.3 Å². The van der Waals surface area contributed by atoms with Crippen molar-refractivity contribution >= 4 is 28.3 Å². The summed E-state index contributed by atoms with van der Waals surface area (Å²) in [6.07, 6.45) is 4.14. The molecule has 210 valence electrons. The van der Waals surface area contributed by atoms with E-state index in [0.717, 1.165) is 27.2 Å². The van der Waals surface area contributed by atoms with Crippen LogP contribution in [0.3, 0.4) is 0 Å². The van der Waals surface area contributed by atoms with Crippen LogP contribution < -0.4 is 20.9 Å². The molecule has 3 heterocycles. The van der Waals surface area contributed by atoms with E-state index in [1.54, 1.807) is 47.5 Å². The van der Waals surface area contributed by atoms with E-state index in [2.05, 4.69) is 15.3 Å². The van der Waals surface area contributed by atoms with Crippen LogP contribution in [0.25, 0.3) is 16.5 Å². The van der Waals surface area contributed by atoms with Gasteiger partial charge in [0.1, 0.15) is 18.5 Å². The van der Waals surface area contributed by atoms with Crippen molar-refractivity contribution < 1.29 is 14.6 Å². The lowest BCUT2D eigenvalue weighted by molar-refractivity contribution is 0.109. The number of benzene rings is 2. The molecule has 1 unspecified atom stereocenters. The van der Waals surface area contributed by atoms with Crippen LogP contribution in [0.5, 0.6) is 5.75 Å². The highest BCUT2D eigenvalue weighted by atomic mass is 16.5. The van der Waals surface area contributed by atoms with E-state index >= 15 is 0 Å². The van der Waals surface area contributed by atoms with E-state index in [1.807, 2.05) is 70.2 Å². The smallest absolute Gasteiger partial charge is 0.342 e. The van der Waals surface area contributed by atoms with Crippen molar-refractivity contribution in [1.29, 1.82) is 0 Å². The number of hydrogen-bond acceptors (Lipinski definition) is 7. The van der Waals surface area contributed by atoms with Crippen molar-refractivity contribution in [3.05, 3.63) is 102 Å². The molecule has 3 aromatic heterocycles. The SMILES string of the molecule is Cc1ccc(-n2nc(C(C)(C)C)cc2N(N)C(=O)Nc2ccc(OCC(O)c3ccncc3)c3ccccc23)cn1. The number of aliphatic hydroxyl groups is 1. The number of urea groups is 1. The molecule has 2 amide bonds. The molecule has 41 heavy (non-hydrogen) atoms. The summed E-state index contributed by atoms with van der Waals surface area (Å²) < 4.78 is 7.60. The number of carbonyl (C=O) groups is 1. The number of anilines is 2. The van der Waals surface area contributed by atoms with E-state index in [-0.39, 0.29) is 12.0 Å². The number of fused-ring (bicyclic) bond motifs is 1. The zero-order chi connectivity index (χ0) is 29.1. The van der Waals surface area contributed by atoms with E-state index in [9.17, 15) is 9.90 Å². The maximum Gasteiger partial charge on any atom is 0.342 e. The van der Waals surface area contributed by atoms with Crippen molar-refractivity contribution in [2.45, 2.75) is 39.2 Å². The van der Waals surface area contributed by atoms with Crippen molar-refractivity contribution in [3.8, 4) is 11.4 Å². The molecule has 0 aliphatic heterocycles. The third-order valence-corrected chi connectivity index (χ3v) is 6.68. The van der Waals surface area contributed by atoms with E-state index in [4.69, 9.17) is 15.7 Å². The Morgan fingerprint density at radius 3 is 2.49 bits per heavy atom. The van der Waals surface area contributed by atoms with Crippen molar-refractivity contribution in [2.75, 3.05) is 16.9 Å². The number of hydrogen-bond donors (Lipinski definition) is 3. The molecule has 1 atom stereocenters. The average Bonchev–Trinajstić information content (AvgIpc) is 3.43. The number of hydrazine groups is 1. The first-order valence-electron chi connectivity index (χ1n) is 13.2. The van der Waals surface area contributed by atoms with Crippen LogP contribution in [0, 0.1) is 6.92 Å². The lowest BCUT2D eigenvalue weighted by Crippen LogP contribution is -2.42. The Hall–Kier alpha value is -4.80. The van der Waals surface area contributed by atoms with Crippen molar-refractivity contribution in [2.24, 2.45) is 5.84 Å². The van der Waals surface area contributed by atoms with Gasteiger partial charge in [0, 0.05) is 40.3 Å². The lowest BCUT2D eigenvalue weighted by atomic mass is 9.92. The maximum absolute atomic E-state index is 13.5. The average molecular weight is 552 g/mol. The quantitative estimate of drug-likeness (QED) is 0.139. The predicted molar refractivity (Wildman–Crippen MR) is 159 cm³/mol. The summed E-state index contributed by atoms with van der Waals surface area (Å²) in [5, 5.41) is 20.8. The molecular weight excluding hydrogens is 518 g/mol. The monoisotopic (exact) mass is 551 g/mol. The molecule has 0 saturated carbocycles. The van der Waals surface area contributed by atoms with Gasteiger partial charge in [0.05, 0.1) is 23.3 Å². The van der Waals surface area contributed by atoms with Gasteiger partial charge < -0.3 is 15.2 Å². The van der Waals surface area contributed by atoms with Gasteiger partial charge in [-0.15, -0.1) is 0 Å². The second kappa shape index (κ2) is 11.4. The van der Waals surface area contributed by atoms with Gasteiger partial charge in [-0.3, -0.25) is 9.97 Å². The summed E-state index contributed by atoms with van der Waals surface area (Å²) >= 11 is 0. The highest BCUT2D eigenvalue weighted by molar-refractivity contribution is 6.07. The van der Waals surface area contributed by atoms with Gasteiger partial charge in [0.15, 0.2) is 5.82 Å². The number of aliphatic hydroxyl groups excluding tert-OH is 1. The molecule has 0 aliphatic carbocycles. The highest BCUT2D eigenvalue weighted by Crippen LogP contribution is 2.33. The largest absolute Gasteiger partial charge is 0.490 e. The molecule has 0 saturated heterocycles. The van der Waals surface area contributed by atoms with Crippen LogP contribution in [-0.2, 0) is 5.41 Å². The molecule has 4 N–H and O–H groups in total. The topological polar surface area (TPSA) is 131 Å². The Kier molecular flexibility index (Phi) is 7.69. The molecule has 0 bridgehead atoms. The summed E-state index contributed by atoms with van der Waals surface area (Å²) in [6, 6.07) is 19.6. The third-order valence-electron chi connectivity index (χ3n) is 6.68. The van der Waals surface area contributed by atoms with Gasteiger partial charge in [-0.1, -0.05) is 45.0 Å². The Balaban J connectivity index is 1.40. The molecule has 10 nitrogen and oxygen atoms in total. The first kappa shape index (κ1) is 27.8. The van der Waals surface area contributed by atoms with Gasteiger partial charge in [-0.05, 0) is 48.9 Å². The molecule has 0 radical (unpaired) electrons. The number of nitrogens with zero attached hydrogens (tertiary/aromatic N) is 5. The number of rotatable bonds is 7. The van der Waals surface area contributed by atoms with Crippen molar-refractivity contribution in [1.82, 2.24) is 19.7 Å². The normalized spacial score (nSPS) is 12.2. The fourth-order valence-electron chi connectivity index (χ4n) is 4.32. The lowest BCUT2D eigenvalue weighted by Gasteiger charge is -2.20. The van der Waals surface area contributed by atoms with Crippen LogP contribution in [0.1, 0.15) is 43.8 Å². The van der Waals surface area contributed by atoms with Crippen LogP contribution in [0.2, 0.25) is 0 Å². The Morgan fingerprint density at radius 1 is 1.07 bits per heavy atom. The number of carbonyl (C=O) groups excluding carboxylic acids is 1. The summed E-state index contributed by atoms with van der Waals surface area (Å²) in [5.41, 5.74) is 3.33. The van der Waals surface area contributed by atoms with Crippen LogP contribution >= 0.6 is 0 Å². The Labute approximate surface area is 238 Å². The molecular formula is C31H33N7O3. The van der Waals surface area contributed by atoms with E-state index in [0.29, 0.717) is 28.5 Å². The first-order valence-corrected chi connectivity index (χ1v) is 13.2. The van der Waals surface area contributed by atoms with Crippen molar-refractivity contribution in [3.63, 3.8) is 0 Å². The highest BCUT2D eigenvalue weighted by Gasteiger charge is 2.25. The zero-order valence-electron chi connectivity index (χ0n) is 23.4. The number of aromatic nitrogens is 4. The Bertz CT molecular complexity index is 1660. The number of ether oxygens (including phenoxy) is 1. The summed E-state index contributed by atoms with van der Waals surface area (Å²) in [6.45, 7) is 8.10. The fourth-order valence-corrected chi connectivity index (χ4v) is 4.32. The maximum atomic E-state index is 13.5. The minimum Gasteiger partial charge on any atom is -0.490 e. The summed E-state index contributed by atoms with van der Waals surface area (Å²) in [7, 11) is 0. The van der Waals surface area contributed by atoms with E-state index in [1.165, 1.54) is 0 Å². The third kappa shape index (κ3) is 6.03. The first-order chi connectivity index (χ1) is 19.6. The standard InChI is InChI=1S/C31H33N7O3/c1-20-9-10-22(18-34-20)38-29(17-28(36-38)31(2,3)4)37(32)30(40)35-25-11-12-27(24-8-6-5-7-23(24)25)41-19-26(39)21-13-15-33-16-14-21/h5-18,26,39H,19,32H2,1-4H3,(H,35,40). The zero-order valence-corrected chi connectivity index (χ0v) is 23.4. The number of amides is 2. The van der Waals surface area contributed by atoms with Gasteiger partial charge in [0.2, 0.25) is 0 Å². The molecule has 0 spiro atoms. The number of nitrogens with two attached hydrogens (primary N) is 1. The molecule has 5 aromatic rings. The molecule has 5 rings (SSSR count). The fraction of sp³-hybridized carbons (Fsp3) is 0.226. The molecule has 10 heteroatoms. The predicted octanol–water partition coefficient (Wildman–Crippen LogP) is 5.45. The number of pyridine rings is 2. The number of aryl methyl sites for hydroxylation is 1. The molecule has 0 aliphatic rings. The van der Waals surface area contributed by atoms with Crippen LogP contribution in [0.4, 0.5) is 16.3 Å². The van der Waals surface area contributed by atoms with E-state index < -0.39 is 12.1 Å². The minimum absolute atomic E-state index is 0.0598. The van der Waals surface area contributed by atoms with Gasteiger partial charge in [-0.2, -0.15) is 5.10 Å². The van der Waals surface area contributed by atoms with Crippen LogP contribution in [0.15, 0.2) is 85.3 Å². The molecule has 2 aromatic carbocycles. The Morgan fingerprint density at radius 2 is 1.80 bits per heavy atom. The minimum atomic E-state index is -0.812. The van der Waals surface area contributed by atoms with Gasteiger partial charge >= 0.3 is 6.03 Å². The number of nitrogens with one attached hydrogen (secondary N) is 1. The second-order valence-corrected chi connectivity index (χ2v) is 10.8.